The molecule has 2 rings (SSSR count). The van der Waals surface area contributed by atoms with Crippen molar-refractivity contribution < 1.29 is 0 Å². The van der Waals surface area contributed by atoms with Crippen LogP contribution in [0.3, 0.4) is 0 Å². The smallest absolute Gasteiger partial charge is 0.180 e. The van der Waals surface area contributed by atoms with E-state index in [1.54, 1.807) is 11.3 Å². The van der Waals surface area contributed by atoms with Gasteiger partial charge in [0, 0.05) is 16.5 Å². The molecule has 1 fully saturated rings. The first-order valence-corrected chi connectivity index (χ1v) is 6.05. The molecule has 4 heteroatoms. The zero-order valence-corrected chi connectivity index (χ0v) is 8.67. The monoisotopic (exact) mass is 200 g/mol. The molecule has 1 aromatic heterocycles. The van der Waals surface area contributed by atoms with Crippen molar-refractivity contribution in [3.8, 4) is 0 Å². The van der Waals surface area contributed by atoms with E-state index in [1.807, 2.05) is 11.8 Å². The summed E-state index contributed by atoms with van der Waals surface area (Å²) in [6.07, 6.45) is 1.27. The average molecular weight is 200 g/mol. The van der Waals surface area contributed by atoms with E-state index < -0.39 is 0 Å². The van der Waals surface area contributed by atoms with Gasteiger partial charge in [-0.2, -0.15) is 11.8 Å². The molecule has 1 atom stereocenters. The van der Waals surface area contributed by atoms with Gasteiger partial charge < -0.3 is 5.73 Å². The van der Waals surface area contributed by atoms with Crippen LogP contribution in [-0.2, 0) is 0 Å². The third-order valence-corrected chi connectivity index (χ3v) is 4.14. The lowest BCUT2D eigenvalue weighted by Crippen LogP contribution is -1.98. The molecule has 2 N–H and O–H groups in total. The molecule has 1 saturated heterocycles. The van der Waals surface area contributed by atoms with Crippen molar-refractivity contribution >= 4 is 28.2 Å². The summed E-state index contributed by atoms with van der Waals surface area (Å²) in [7, 11) is 0. The Labute approximate surface area is 80.6 Å². The van der Waals surface area contributed by atoms with Gasteiger partial charge in [0.2, 0.25) is 0 Å². The molecule has 0 amide bonds. The molecule has 0 spiro atoms. The van der Waals surface area contributed by atoms with Crippen LogP contribution in [0.4, 0.5) is 5.13 Å². The molecule has 1 aliphatic rings. The molecule has 0 radical (unpaired) electrons. The Morgan fingerprint density at radius 2 is 2.42 bits per heavy atom. The fraction of sp³-hybridized carbons (Fsp3) is 0.625. The minimum absolute atomic E-state index is 0.670. The van der Waals surface area contributed by atoms with Gasteiger partial charge in [0.25, 0.3) is 0 Å². The maximum absolute atomic E-state index is 5.65. The lowest BCUT2D eigenvalue weighted by Gasteiger charge is -2.04. The highest BCUT2D eigenvalue weighted by Crippen LogP contribution is 2.35. The number of hydrogen-bond acceptors (Lipinski definition) is 4. The van der Waals surface area contributed by atoms with Crippen LogP contribution in [0.5, 0.6) is 0 Å². The zero-order valence-electron chi connectivity index (χ0n) is 7.04. The molecule has 0 bridgehead atoms. The second kappa shape index (κ2) is 3.26. The predicted molar refractivity (Wildman–Crippen MR) is 55.9 cm³/mol. The lowest BCUT2D eigenvalue weighted by atomic mass is 10.0. The third-order valence-electron chi connectivity index (χ3n) is 2.17. The van der Waals surface area contributed by atoms with Gasteiger partial charge in [-0.25, -0.2) is 4.98 Å². The second-order valence-electron chi connectivity index (χ2n) is 3.05. The van der Waals surface area contributed by atoms with E-state index >= 15 is 0 Å². The van der Waals surface area contributed by atoms with Gasteiger partial charge in [0.15, 0.2) is 5.13 Å². The minimum Gasteiger partial charge on any atom is -0.375 e. The number of nitrogen functional groups attached to an aromatic ring is 1. The number of thioether (sulfide) groups is 1. The summed E-state index contributed by atoms with van der Waals surface area (Å²) in [5.41, 5.74) is 6.90. The molecule has 1 aliphatic heterocycles. The summed E-state index contributed by atoms with van der Waals surface area (Å²) >= 11 is 3.63. The van der Waals surface area contributed by atoms with Crippen molar-refractivity contribution in [1.29, 1.82) is 0 Å². The first kappa shape index (κ1) is 8.38. The Morgan fingerprint density at radius 1 is 1.58 bits per heavy atom. The highest BCUT2D eigenvalue weighted by atomic mass is 32.2. The van der Waals surface area contributed by atoms with Crippen LogP contribution in [-0.4, -0.2) is 16.5 Å². The molecule has 0 saturated carbocycles. The van der Waals surface area contributed by atoms with Crippen molar-refractivity contribution in [3.63, 3.8) is 0 Å². The third kappa shape index (κ3) is 1.45. The van der Waals surface area contributed by atoms with Crippen molar-refractivity contribution in [2.24, 2.45) is 0 Å². The predicted octanol–water partition coefficient (Wildman–Crippen LogP) is 2.25. The molecular formula is C8H12N2S2. The summed E-state index contributed by atoms with van der Waals surface area (Å²) in [5.74, 6) is 3.18. The van der Waals surface area contributed by atoms with Gasteiger partial charge in [-0.15, -0.1) is 11.3 Å². The van der Waals surface area contributed by atoms with E-state index in [1.165, 1.54) is 28.5 Å². The maximum Gasteiger partial charge on any atom is 0.180 e. The van der Waals surface area contributed by atoms with E-state index in [-0.39, 0.29) is 0 Å². The standard InChI is InChI=1S/C8H12N2S2/c1-5-7(10-8(9)12-5)6-2-3-11-4-6/h6H,2-4H2,1H3,(H2,9,10). The van der Waals surface area contributed by atoms with E-state index in [2.05, 4.69) is 11.9 Å². The number of aromatic nitrogens is 1. The summed E-state index contributed by atoms with van der Waals surface area (Å²) in [6, 6.07) is 0. The van der Waals surface area contributed by atoms with Gasteiger partial charge in [0.1, 0.15) is 0 Å². The second-order valence-corrected chi connectivity index (χ2v) is 5.44. The van der Waals surface area contributed by atoms with Crippen LogP contribution in [0.15, 0.2) is 0 Å². The number of nitrogens with zero attached hydrogens (tertiary/aromatic N) is 1. The average Bonchev–Trinajstić information content (AvgIpc) is 2.58. The van der Waals surface area contributed by atoms with E-state index in [9.17, 15) is 0 Å². The first-order chi connectivity index (χ1) is 5.77. The number of rotatable bonds is 1. The van der Waals surface area contributed by atoms with Crippen LogP contribution in [0.25, 0.3) is 0 Å². The van der Waals surface area contributed by atoms with Crippen LogP contribution < -0.4 is 5.73 Å². The summed E-state index contributed by atoms with van der Waals surface area (Å²) in [6.45, 7) is 2.12. The molecule has 66 valence electrons. The Hall–Kier alpha value is -0.220. The normalized spacial score (nSPS) is 23.2. The van der Waals surface area contributed by atoms with Crippen LogP contribution in [0.1, 0.15) is 22.9 Å². The number of nitrogens with two attached hydrogens (primary N) is 1. The van der Waals surface area contributed by atoms with Gasteiger partial charge in [0.05, 0.1) is 5.69 Å². The highest BCUT2D eigenvalue weighted by Gasteiger charge is 2.21. The number of hydrogen-bond donors (Lipinski definition) is 1. The van der Waals surface area contributed by atoms with Gasteiger partial charge >= 0.3 is 0 Å². The van der Waals surface area contributed by atoms with E-state index in [0.717, 1.165) is 5.13 Å². The van der Waals surface area contributed by atoms with Crippen LogP contribution in [0, 0.1) is 6.92 Å². The number of thiazole rings is 1. The maximum atomic E-state index is 5.65. The van der Waals surface area contributed by atoms with Crippen molar-refractivity contribution in [2.75, 3.05) is 17.2 Å². The Morgan fingerprint density at radius 3 is 2.92 bits per heavy atom. The van der Waals surface area contributed by atoms with E-state index in [4.69, 9.17) is 5.73 Å². The van der Waals surface area contributed by atoms with Crippen LogP contribution >= 0.6 is 23.1 Å². The quantitative estimate of drug-likeness (QED) is 0.755. The molecule has 1 aromatic rings. The van der Waals surface area contributed by atoms with Gasteiger partial charge in [-0.05, 0) is 19.1 Å². The fourth-order valence-corrected chi connectivity index (χ4v) is 3.56. The van der Waals surface area contributed by atoms with Crippen LogP contribution in [0.2, 0.25) is 0 Å². The Kier molecular flexibility index (Phi) is 2.28. The molecule has 2 nitrogen and oxygen atoms in total. The van der Waals surface area contributed by atoms with Crippen molar-refractivity contribution in [2.45, 2.75) is 19.3 Å². The fourth-order valence-electron chi connectivity index (χ4n) is 1.56. The minimum atomic E-state index is 0.670. The zero-order chi connectivity index (χ0) is 8.55. The SMILES string of the molecule is Cc1sc(N)nc1C1CCSC1. The van der Waals surface area contributed by atoms with Crippen molar-refractivity contribution in [3.05, 3.63) is 10.6 Å². The molecule has 2 heterocycles. The summed E-state index contributed by atoms with van der Waals surface area (Å²) < 4.78 is 0. The topological polar surface area (TPSA) is 38.9 Å². The Bertz CT molecular complexity index is 277. The summed E-state index contributed by atoms with van der Waals surface area (Å²) in [4.78, 5) is 5.68. The Balaban J connectivity index is 2.25. The lowest BCUT2D eigenvalue weighted by molar-refractivity contribution is 0.754. The largest absolute Gasteiger partial charge is 0.375 e. The van der Waals surface area contributed by atoms with Gasteiger partial charge in [-0.1, -0.05) is 0 Å². The molecule has 0 aromatic carbocycles. The molecule has 1 unspecified atom stereocenters. The first-order valence-electron chi connectivity index (χ1n) is 4.08. The van der Waals surface area contributed by atoms with E-state index in [0.29, 0.717) is 5.92 Å². The summed E-state index contributed by atoms with van der Waals surface area (Å²) in [5, 5.41) is 0.722. The molecule has 12 heavy (non-hydrogen) atoms. The highest BCUT2D eigenvalue weighted by molar-refractivity contribution is 7.99. The molecule has 0 aliphatic carbocycles. The van der Waals surface area contributed by atoms with Gasteiger partial charge in [-0.3, -0.25) is 0 Å². The van der Waals surface area contributed by atoms with Crippen molar-refractivity contribution in [1.82, 2.24) is 4.98 Å². The molecular weight excluding hydrogens is 188 g/mol. The number of anilines is 1. The number of aryl methyl sites for hydroxylation is 1.